The number of hydrogen-bond donors (Lipinski definition) is 2. The van der Waals surface area contributed by atoms with E-state index < -0.39 is 0 Å². The lowest BCUT2D eigenvalue weighted by molar-refractivity contribution is 0.696. The lowest BCUT2D eigenvalue weighted by atomic mass is 10.0. The van der Waals surface area contributed by atoms with Gasteiger partial charge in [0.15, 0.2) is 5.82 Å². The van der Waals surface area contributed by atoms with Crippen molar-refractivity contribution in [1.82, 2.24) is 29.1 Å². The van der Waals surface area contributed by atoms with E-state index in [1.54, 1.807) is 11.9 Å². The molecule has 0 amide bonds. The molecular formula is C28H25N7S. The molecule has 3 N–H and O–H groups in total. The largest absolute Gasteiger partial charge is 0.382 e. The lowest BCUT2D eigenvalue weighted by Crippen LogP contribution is -2.03. The minimum atomic E-state index is 0.446. The number of nitrogens with zero attached hydrogens (tertiary/aromatic N) is 5. The Bertz CT molecular complexity index is 1670. The van der Waals surface area contributed by atoms with E-state index in [2.05, 4.69) is 81.7 Å². The van der Waals surface area contributed by atoms with Crippen LogP contribution in [0, 0.1) is 0 Å². The van der Waals surface area contributed by atoms with Gasteiger partial charge in [0, 0.05) is 29.3 Å². The van der Waals surface area contributed by atoms with Crippen molar-refractivity contribution in [3.8, 4) is 22.4 Å². The van der Waals surface area contributed by atoms with Gasteiger partial charge in [-0.15, -0.1) is 0 Å². The molecule has 178 valence electrons. The Morgan fingerprint density at radius 2 is 1.78 bits per heavy atom. The molecule has 0 saturated carbocycles. The highest BCUT2D eigenvalue weighted by atomic mass is 32.2. The van der Waals surface area contributed by atoms with Crippen LogP contribution >= 0.6 is 11.9 Å². The first-order chi connectivity index (χ1) is 17.7. The summed E-state index contributed by atoms with van der Waals surface area (Å²) < 4.78 is 7.18. The fourth-order valence-electron chi connectivity index (χ4n) is 4.58. The summed E-state index contributed by atoms with van der Waals surface area (Å²) >= 11 is 1.61. The number of nitrogen functional groups attached to an aromatic ring is 1. The summed E-state index contributed by atoms with van der Waals surface area (Å²) in [5.41, 5.74) is 14.6. The van der Waals surface area contributed by atoms with Gasteiger partial charge < -0.3 is 5.73 Å². The van der Waals surface area contributed by atoms with E-state index in [1.165, 1.54) is 17.5 Å². The first kappa shape index (κ1) is 22.3. The van der Waals surface area contributed by atoms with Crippen LogP contribution in [0.4, 0.5) is 5.82 Å². The molecule has 0 aliphatic carbocycles. The predicted octanol–water partition coefficient (Wildman–Crippen LogP) is 5.41. The average Bonchev–Trinajstić information content (AvgIpc) is 3.49. The molecule has 6 rings (SSSR count). The average molecular weight is 492 g/mol. The number of hydrogen-bond acceptors (Lipinski definition) is 6. The van der Waals surface area contributed by atoms with Crippen molar-refractivity contribution in [2.24, 2.45) is 0 Å². The quantitative estimate of drug-likeness (QED) is 0.290. The number of anilines is 1. The summed E-state index contributed by atoms with van der Waals surface area (Å²) in [6.45, 7) is 1.51. The van der Waals surface area contributed by atoms with Crippen molar-refractivity contribution >= 4 is 34.2 Å². The Balaban J connectivity index is 1.43. The molecule has 6 aromatic rings. The smallest absolute Gasteiger partial charge is 0.152 e. The summed E-state index contributed by atoms with van der Waals surface area (Å²) in [6, 6.07) is 27.3. The Hall–Kier alpha value is -4.14. The minimum absolute atomic E-state index is 0.446. The van der Waals surface area contributed by atoms with Crippen LogP contribution in [0.15, 0.2) is 91.4 Å². The van der Waals surface area contributed by atoms with Gasteiger partial charge in [0.1, 0.15) is 11.8 Å². The molecule has 0 unspecified atom stereocenters. The standard InChI is InChI=1S/C28H25N7S/c1-36-32-15-20-8-5-9-22(12-20)26-14-24(27-28(29)30-18-31-35(26)27)21-10-11-23-17-34(33-25(23)13-21)16-19-6-3-2-4-7-19/h2-14,17-18,32H,15-16H2,1H3,(H2,29,30,31). The zero-order valence-electron chi connectivity index (χ0n) is 19.8. The van der Waals surface area contributed by atoms with Crippen LogP contribution in [0.5, 0.6) is 0 Å². The highest BCUT2D eigenvalue weighted by Gasteiger charge is 2.17. The van der Waals surface area contributed by atoms with Crippen molar-refractivity contribution < 1.29 is 0 Å². The lowest BCUT2D eigenvalue weighted by Gasteiger charge is -2.06. The van der Waals surface area contributed by atoms with Crippen LogP contribution in [0.1, 0.15) is 11.1 Å². The molecule has 8 heteroatoms. The zero-order valence-corrected chi connectivity index (χ0v) is 20.6. The topological polar surface area (TPSA) is 86.1 Å². The van der Waals surface area contributed by atoms with Gasteiger partial charge in [0.25, 0.3) is 0 Å². The van der Waals surface area contributed by atoms with Crippen molar-refractivity contribution in [2.75, 3.05) is 12.0 Å². The van der Waals surface area contributed by atoms with Gasteiger partial charge in [-0.2, -0.15) is 10.2 Å². The Kier molecular flexibility index (Phi) is 5.88. The maximum Gasteiger partial charge on any atom is 0.152 e. The van der Waals surface area contributed by atoms with Gasteiger partial charge >= 0.3 is 0 Å². The molecule has 0 spiro atoms. The molecule has 3 aromatic carbocycles. The Morgan fingerprint density at radius 1 is 0.917 bits per heavy atom. The zero-order chi connectivity index (χ0) is 24.5. The van der Waals surface area contributed by atoms with Gasteiger partial charge in [0.2, 0.25) is 0 Å². The molecule has 3 heterocycles. The molecule has 0 bridgehead atoms. The van der Waals surface area contributed by atoms with Crippen molar-refractivity contribution in [1.29, 1.82) is 0 Å². The summed E-state index contributed by atoms with van der Waals surface area (Å²) in [4.78, 5) is 4.29. The maximum atomic E-state index is 6.38. The molecule has 0 atom stereocenters. The van der Waals surface area contributed by atoms with Crippen LogP contribution in [0.3, 0.4) is 0 Å². The van der Waals surface area contributed by atoms with E-state index in [9.17, 15) is 0 Å². The second kappa shape index (κ2) is 9.49. The van der Waals surface area contributed by atoms with Crippen molar-refractivity contribution in [2.45, 2.75) is 13.1 Å². The molecule has 3 aromatic heterocycles. The SMILES string of the molecule is CSNCc1cccc(-c2cc(-c3ccc4cn(Cc5ccccc5)nc4c3)c3c(N)ncnn23)c1. The molecular weight excluding hydrogens is 466 g/mol. The summed E-state index contributed by atoms with van der Waals surface area (Å²) in [6.07, 6.45) is 5.61. The first-order valence-corrected chi connectivity index (χ1v) is 12.9. The fourth-order valence-corrected chi connectivity index (χ4v) is 4.89. The van der Waals surface area contributed by atoms with E-state index >= 15 is 0 Å². The monoisotopic (exact) mass is 491 g/mol. The number of nitrogens with two attached hydrogens (primary N) is 1. The first-order valence-electron chi connectivity index (χ1n) is 11.7. The molecule has 7 nitrogen and oxygen atoms in total. The van der Waals surface area contributed by atoms with Gasteiger partial charge in [-0.3, -0.25) is 9.40 Å². The van der Waals surface area contributed by atoms with Crippen LogP contribution in [0.25, 0.3) is 38.8 Å². The maximum absolute atomic E-state index is 6.38. The van der Waals surface area contributed by atoms with Gasteiger partial charge in [-0.1, -0.05) is 72.6 Å². The molecule has 0 saturated heterocycles. The predicted molar refractivity (Wildman–Crippen MR) is 147 cm³/mol. The summed E-state index contributed by atoms with van der Waals surface area (Å²) in [5, 5.41) is 10.5. The van der Waals surface area contributed by atoms with Crippen LogP contribution in [0.2, 0.25) is 0 Å². The second-order valence-electron chi connectivity index (χ2n) is 8.66. The number of benzene rings is 3. The molecule has 0 fully saturated rings. The number of nitrogens with one attached hydrogen (secondary N) is 1. The van der Waals surface area contributed by atoms with E-state index in [-0.39, 0.29) is 0 Å². The highest BCUT2D eigenvalue weighted by molar-refractivity contribution is 7.96. The summed E-state index contributed by atoms with van der Waals surface area (Å²) in [5.74, 6) is 0.446. The van der Waals surface area contributed by atoms with Gasteiger partial charge in [0.05, 0.1) is 17.8 Å². The van der Waals surface area contributed by atoms with Crippen molar-refractivity contribution in [3.05, 3.63) is 103 Å². The third-order valence-electron chi connectivity index (χ3n) is 6.28. The third kappa shape index (κ3) is 4.21. The number of fused-ring (bicyclic) bond motifs is 2. The van der Waals surface area contributed by atoms with E-state index in [0.29, 0.717) is 5.82 Å². The summed E-state index contributed by atoms with van der Waals surface area (Å²) in [7, 11) is 0. The highest BCUT2D eigenvalue weighted by Crippen LogP contribution is 2.36. The van der Waals surface area contributed by atoms with Crippen LogP contribution in [-0.4, -0.2) is 30.6 Å². The normalized spacial score (nSPS) is 11.5. The third-order valence-corrected chi connectivity index (χ3v) is 6.71. The molecule has 36 heavy (non-hydrogen) atoms. The molecule has 0 radical (unpaired) electrons. The van der Waals surface area contributed by atoms with E-state index in [4.69, 9.17) is 10.8 Å². The van der Waals surface area contributed by atoms with Crippen LogP contribution < -0.4 is 10.5 Å². The van der Waals surface area contributed by atoms with Crippen molar-refractivity contribution in [3.63, 3.8) is 0 Å². The Labute approximate surface area is 213 Å². The minimum Gasteiger partial charge on any atom is -0.382 e. The molecule has 0 aliphatic heterocycles. The van der Waals surface area contributed by atoms with Crippen LogP contribution in [-0.2, 0) is 13.1 Å². The molecule has 0 aliphatic rings. The Morgan fingerprint density at radius 3 is 2.64 bits per heavy atom. The van der Waals surface area contributed by atoms with E-state index in [0.717, 1.165) is 51.9 Å². The van der Waals surface area contributed by atoms with E-state index in [1.807, 2.05) is 33.7 Å². The second-order valence-corrected chi connectivity index (χ2v) is 9.36. The number of aromatic nitrogens is 5. The number of rotatable bonds is 7. The fraction of sp³-hybridized carbons (Fsp3) is 0.107. The van der Waals surface area contributed by atoms with Gasteiger partial charge in [-0.25, -0.2) is 9.50 Å². The van der Waals surface area contributed by atoms with Gasteiger partial charge in [-0.05, 0) is 41.1 Å².